The average molecular weight is 403 g/mol. The lowest BCUT2D eigenvalue weighted by Gasteiger charge is -2.20. The second kappa shape index (κ2) is 12.0. The van der Waals surface area contributed by atoms with Crippen molar-refractivity contribution in [3.05, 3.63) is 95.6 Å². The molecular formula is C27H34N2O. The number of hydrogen-bond donors (Lipinski definition) is 1. The minimum Gasteiger partial charge on any atom is -0.489 e. The van der Waals surface area contributed by atoms with Gasteiger partial charge in [-0.1, -0.05) is 61.5 Å². The highest BCUT2D eigenvalue weighted by Crippen LogP contribution is 2.15. The Kier molecular flexibility index (Phi) is 8.80. The van der Waals surface area contributed by atoms with Gasteiger partial charge < -0.3 is 15.4 Å². The topological polar surface area (TPSA) is 38.5 Å². The first-order valence-electron chi connectivity index (χ1n) is 11.1. The highest BCUT2D eigenvalue weighted by Gasteiger charge is 2.04. The lowest BCUT2D eigenvalue weighted by molar-refractivity contribution is 0.281. The largest absolute Gasteiger partial charge is 0.489 e. The Labute approximate surface area is 181 Å². The molecule has 0 radical (unpaired) electrons. The van der Waals surface area contributed by atoms with Crippen molar-refractivity contribution in [2.24, 2.45) is 0 Å². The Bertz CT molecular complexity index is 844. The number of nitrogens with two attached hydrogens (primary N) is 1. The van der Waals surface area contributed by atoms with E-state index in [1.807, 2.05) is 30.3 Å². The van der Waals surface area contributed by atoms with Crippen LogP contribution in [-0.4, -0.2) is 24.5 Å². The van der Waals surface area contributed by atoms with Crippen molar-refractivity contribution in [1.29, 1.82) is 0 Å². The van der Waals surface area contributed by atoms with Gasteiger partial charge in [-0.05, 0) is 86.3 Å². The molecule has 0 amide bonds. The molecule has 0 heterocycles. The normalized spacial score (nSPS) is 11.0. The monoisotopic (exact) mass is 402 g/mol. The molecule has 158 valence electrons. The van der Waals surface area contributed by atoms with Crippen molar-refractivity contribution < 1.29 is 4.74 Å². The van der Waals surface area contributed by atoms with Gasteiger partial charge in [0.1, 0.15) is 12.4 Å². The number of anilines is 1. The Morgan fingerprint density at radius 2 is 1.27 bits per heavy atom. The van der Waals surface area contributed by atoms with Crippen molar-refractivity contribution in [2.45, 2.75) is 39.2 Å². The van der Waals surface area contributed by atoms with Gasteiger partial charge in [0, 0.05) is 5.69 Å². The average Bonchev–Trinajstić information content (AvgIpc) is 2.79. The molecule has 30 heavy (non-hydrogen) atoms. The molecule has 0 aliphatic carbocycles. The molecule has 0 saturated heterocycles. The molecule has 0 aliphatic heterocycles. The summed E-state index contributed by atoms with van der Waals surface area (Å²) in [5.74, 6) is 0.931. The third-order valence-electron chi connectivity index (χ3n) is 5.48. The number of aryl methyl sites for hydroxylation is 2. The summed E-state index contributed by atoms with van der Waals surface area (Å²) in [7, 11) is 0. The van der Waals surface area contributed by atoms with Crippen LogP contribution in [0, 0.1) is 0 Å². The number of nitrogens with zero attached hydrogens (tertiary/aromatic N) is 1. The van der Waals surface area contributed by atoms with E-state index in [1.165, 1.54) is 29.5 Å². The molecule has 0 unspecified atom stereocenters. The van der Waals surface area contributed by atoms with Crippen LogP contribution < -0.4 is 10.5 Å². The standard InChI is InChI=1S/C27H34N2O/c1-2-29(20-6-10-23-12-16-26(28)17-13-23)21-7-11-24-14-18-27(19-15-24)30-22-25-8-4-3-5-9-25/h3-5,8-9,12-19H,2,6-7,10-11,20-22,28H2,1H3. The first kappa shape index (κ1) is 21.9. The van der Waals surface area contributed by atoms with E-state index in [4.69, 9.17) is 10.5 Å². The minimum atomic E-state index is 0.613. The van der Waals surface area contributed by atoms with Crippen LogP contribution in [0.3, 0.4) is 0 Å². The fourth-order valence-electron chi connectivity index (χ4n) is 3.62. The van der Waals surface area contributed by atoms with E-state index in [1.54, 1.807) is 0 Å². The van der Waals surface area contributed by atoms with E-state index in [0.717, 1.165) is 43.9 Å². The van der Waals surface area contributed by atoms with Gasteiger partial charge in [-0.3, -0.25) is 0 Å². The number of hydrogen-bond acceptors (Lipinski definition) is 3. The van der Waals surface area contributed by atoms with Gasteiger partial charge in [0.2, 0.25) is 0 Å². The Morgan fingerprint density at radius 1 is 0.700 bits per heavy atom. The molecule has 0 atom stereocenters. The summed E-state index contributed by atoms with van der Waals surface area (Å²) in [5, 5.41) is 0. The molecule has 0 fully saturated rings. The highest BCUT2D eigenvalue weighted by atomic mass is 16.5. The van der Waals surface area contributed by atoms with Crippen molar-refractivity contribution in [1.82, 2.24) is 4.90 Å². The summed E-state index contributed by atoms with van der Waals surface area (Å²) in [6, 6.07) is 27.1. The molecule has 0 aliphatic rings. The van der Waals surface area contributed by atoms with Crippen LogP contribution in [0.1, 0.15) is 36.5 Å². The maximum atomic E-state index is 5.88. The highest BCUT2D eigenvalue weighted by molar-refractivity contribution is 5.39. The second-order valence-corrected chi connectivity index (χ2v) is 7.80. The summed E-state index contributed by atoms with van der Waals surface area (Å²) in [4.78, 5) is 2.55. The molecule has 0 bridgehead atoms. The fourth-order valence-corrected chi connectivity index (χ4v) is 3.62. The van der Waals surface area contributed by atoms with Gasteiger partial charge in [-0.25, -0.2) is 0 Å². The van der Waals surface area contributed by atoms with Crippen LogP contribution in [0.5, 0.6) is 5.75 Å². The van der Waals surface area contributed by atoms with Crippen LogP contribution in [0.25, 0.3) is 0 Å². The lowest BCUT2D eigenvalue weighted by Crippen LogP contribution is -2.26. The van der Waals surface area contributed by atoms with Gasteiger partial charge >= 0.3 is 0 Å². The summed E-state index contributed by atoms with van der Waals surface area (Å²) in [6.45, 7) is 6.26. The van der Waals surface area contributed by atoms with Gasteiger partial charge in [-0.2, -0.15) is 0 Å². The molecule has 0 spiro atoms. The summed E-state index contributed by atoms with van der Waals surface area (Å²) in [5.41, 5.74) is 10.5. The number of ether oxygens (including phenoxy) is 1. The first-order valence-corrected chi connectivity index (χ1v) is 11.1. The maximum Gasteiger partial charge on any atom is 0.119 e. The molecule has 0 aromatic heterocycles. The zero-order chi connectivity index (χ0) is 21.0. The molecule has 3 rings (SSSR count). The predicted molar refractivity (Wildman–Crippen MR) is 127 cm³/mol. The van der Waals surface area contributed by atoms with E-state index in [2.05, 4.69) is 60.4 Å². The van der Waals surface area contributed by atoms with Crippen LogP contribution in [0.2, 0.25) is 0 Å². The van der Waals surface area contributed by atoms with E-state index in [-0.39, 0.29) is 0 Å². The SMILES string of the molecule is CCN(CCCc1ccc(N)cc1)CCCc1ccc(OCc2ccccc2)cc1. The third kappa shape index (κ3) is 7.57. The van der Waals surface area contributed by atoms with Crippen molar-refractivity contribution in [2.75, 3.05) is 25.4 Å². The van der Waals surface area contributed by atoms with E-state index in [0.29, 0.717) is 6.61 Å². The summed E-state index contributed by atoms with van der Waals surface area (Å²) in [6.07, 6.45) is 4.58. The Morgan fingerprint density at radius 3 is 1.83 bits per heavy atom. The van der Waals surface area contributed by atoms with Gasteiger partial charge in [-0.15, -0.1) is 0 Å². The molecule has 3 heteroatoms. The molecular weight excluding hydrogens is 368 g/mol. The minimum absolute atomic E-state index is 0.613. The smallest absolute Gasteiger partial charge is 0.119 e. The summed E-state index contributed by atoms with van der Waals surface area (Å²) >= 11 is 0. The zero-order valence-corrected chi connectivity index (χ0v) is 18.1. The van der Waals surface area contributed by atoms with Crippen molar-refractivity contribution in [3.8, 4) is 5.75 Å². The first-order chi connectivity index (χ1) is 14.7. The zero-order valence-electron chi connectivity index (χ0n) is 18.1. The van der Waals surface area contributed by atoms with Crippen LogP contribution in [0.15, 0.2) is 78.9 Å². The van der Waals surface area contributed by atoms with E-state index in [9.17, 15) is 0 Å². The fraction of sp³-hybridized carbons (Fsp3) is 0.333. The number of nitrogen functional groups attached to an aromatic ring is 1. The lowest BCUT2D eigenvalue weighted by atomic mass is 10.1. The molecule has 2 N–H and O–H groups in total. The van der Waals surface area contributed by atoms with Gasteiger partial charge in [0.25, 0.3) is 0 Å². The Hall–Kier alpha value is -2.78. The number of benzene rings is 3. The quantitative estimate of drug-likeness (QED) is 0.393. The van der Waals surface area contributed by atoms with E-state index < -0.39 is 0 Å². The molecule has 3 nitrogen and oxygen atoms in total. The maximum absolute atomic E-state index is 5.88. The third-order valence-corrected chi connectivity index (χ3v) is 5.48. The van der Waals surface area contributed by atoms with Crippen LogP contribution in [0.4, 0.5) is 5.69 Å². The molecule has 3 aromatic carbocycles. The van der Waals surface area contributed by atoms with Gasteiger partial charge in [0.05, 0.1) is 0 Å². The van der Waals surface area contributed by atoms with E-state index >= 15 is 0 Å². The predicted octanol–water partition coefficient (Wildman–Crippen LogP) is 5.74. The summed E-state index contributed by atoms with van der Waals surface area (Å²) < 4.78 is 5.88. The molecule has 3 aromatic rings. The molecule has 0 saturated carbocycles. The van der Waals surface area contributed by atoms with Gasteiger partial charge in [0.15, 0.2) is 0 Å². The Balaban J connectivity index is 1.34. The number of rotatable bonds is 12. The second-order valence-electron chi connectivity index (χ2n) is 7.80. The van der Waals surface area contributed by atoms with Crippen LogP contribution in [-0.2, 0) is 19.4 Å². The van der Waals surface area contributed by atoms with Crippen molar-refractivity contribution in [3.63, 3.8) is 0 Å². The van der Waals surface area contributed by atoms with Crippen molar-refractivity contribution >= 4 is 5.69 Å². The van der Waals surface area contributed by atoms with Crippen LogP contribution >= 0.6 is 0 Å².